The van der Waals surface area contributed by atoms with Gasteiger partial charge in [-0.3, -0.25) is 14.4 Å². The van der Waals surface area contributed by atoms with E-state index in [2.05, 4.69) is 4.98 Å². The fourth-order valence-corrected chi connectivity index (χ4v) is 3.86. The molecule has 0 amide bonds. The largest absolute Gasteiger partial charge is 0.493 e. The lowest BCUT2D eigenvalue weighted by Crippen LogP contribution is -2.30. The van der Waals surface area contributed by atoms with Crippen LogP contribution in [0.4, 0.5) is 0 Å². The van der Waals surface area contributed by atoms with Gasteiger partial charge in [-0.1, -0.05) is 54.9 Å². The van der Waals surface area contributed by atoms with E-state index in [4.69, 9.17) is 35.3 Å². The number of hydrogen-bond donors (Lipinski definition) is 0. The normalized spacial score (nSPS) is 12.9. The number of ketones is 1. The molecule has 0 N–H and O–H groups in total. The fourth-order valence-electron chi connectivity index (χ4n) is 3.68. The van der Waals surface area contributed by atoms with E-state index in [0.717, 1.165) is 5.56 Å². The first-order valence-electron chi connectivity index (χ1n) is 12.2. The average molecular weight is 556 g/mol. The summed E-state index contributed by atoms with van der Waals surface area (Å²) < 4.78 is 27.4. The number of rotatable bonds is 13. The number of benzene rings is 2. The number of carbonyl (C=O) groups excluding carboxylic acids is 3. The molecule has 1 heterocycles. The Bertz CT molecular complexity index is 1280. The summed E-state index contributed by atoms with van der Waals surface area (Å²) in [5.41, 5.74) is 0.748. The molecule has 0 spiro atoms. The number of methoxy groups -OCH3 is 1. The van der Waals surface area contributed by atoms with Gasteiger partial charge >= 0.3 is 11.9 Å². The molecule has 9 nitrogen and oxygen atoms in total. The summed E-state index contributed by atoms with van der Waals surface area (Å²) >= 11 is 6.11. The van der Waals surface area contributed by atoms with Crippen molar-refractivity contribution in [2.24, 2.45) is 5.92 Å². The summed E-state index contributed by atoms with van der Waals surface area (Å²) in [6.07, 6.45) is -0.152. The molecule has 2 aromatic carbocycles. The van der Waals surface area contributed by atoms with Gasteiger partial charge in [0.2, 0.25) is 6.79 Å². The quantitative estimate of drug-likeness (QED) is 0.151. The minimum absolute atomic E-state index is 0.0132. The third-order valence-corrected chi connectivity index (χ3v) is 5.86. The lowest BCUT2D eigenvalue weighted by atomic mass is 10.0. The van der Waals surface area contributed by atoms with Gasteiger partial charge in [-0.05, 0) is 30.7 Å². The number of halogens is 1. The second-order valence-electron chi connectivity index (χ2n) is 8.67. The van der Waals surface area contributed by atoms with Gasteiger partial charge in [0, 0.05) is 30.6 Å². The third kappa shape index (κ3) is 8.44. The van der Waals surface area contributed by atoms with Crippen LogP contribution < -0.4 is 14.2 Å². The van der Waals surface area contributed by atoms with E-state index in [9.17, 15) is 14.4 Å². The molecule has 39 heavy (non-hydrogen) atoms. The van der Waals surface area contributed by atoms with Crippen molar-refractivity contribution in [1.82, 2.24) is 4.98 Å². The molecule has 0 aliphatic carbocycles. The van der Waals surface area contributed by atoms with Gasteiger partial charge in [-0.25, -0.2) is 4.98 Å². The zero-order valence-electron chi connectivity index (χ0n) is 22.1. The fraction of sp³-hybridized carbons (Fsp3) is 0.310. The highest BCUT2D eigenvalue weighted by Gasteiger charge is 2.29. The van der Waals surface area contributed by atoms with Crippen LogP contribution in [0, 0.1) is 5.92 Å². The predicted molar refractivity (Wildman–Crippen MR) is 143 cm³/mol. The van der Waals surface area contributed by atoms with E-state index in [1.165, 1.54) is 26.3 Å². The number of hydrogen-bond acceptors (Lipinski definition) is 9. The molecule has 3 rings (SSSR count). The van der Waals surface area contributed by atoms with E-state index in [-0.39, 0.29) is 23.6 Å². The molecule has 0 bridgehead atoms. The predicted octanol–water partition coefficient (Wildman–Crippen LogP) is 5.60. The number of esters is 2. The van der Waals surface area contributed by atoms with Crippen molar-refractivity contribution >= 4 is 29.3 Å². The first-order chi connectivity index (χ1) is 18.7. The van der Waals surface area contributed by atoms with Gasteiger partial charge in [-0.15, -0.1) is 0 Å². The smallest absolute Gasteiger partial charge is 0.309 e. The lowest BCUT2D eigenvalue weighted by molar-refractivity contribution is -0.157. The van der Waals surface area contributed by atoms with Crippen LogP contribution in [0.5, 0.6) is 17.2 Å². The van der Waals surface area contributed by atoms with E-state index >= 15 is 0 Å². The molecular weight excluding hydrogens is 526 g/mol. The standard InChI is InChI=1S/C29H30ClNO8/c1-18(15-24(33)26-28(37-17-36-20(3)32)25(35-4)13-14-31-26)29(34)38-19(2)27(21-9-6-5-7-10-21)39-23-12-8-11-22(30)16-23/h5-14,16,18-19,27H,15,17H2,1-4H3/t18-,19+,27+/m1/s1. The highest BCUT2D eigenvalue weighted by atomic mass is 35.5. The van der Waals surface area contributed by atoms with Crippen LogP contribution in [-0.4, -0.2) is 42.7 Å². The molecule has 0 aliphatic rings. The molecule has 0 aliphatic heterocycles. The zero-order chi connectivity index (χ0) is 28.4. The minimum Gasteiger partial charge on any atom is -0.493 e. The van der Waals surface area contributed by atoms with E-state index in [1.54, 1.807) is 38.1 Å². The Labute approximate surface area is 232 Å². The summed E-state index contributed by atoms with van der Waals surface area (Å²) in [5.74, 6) is -1.66. The maximum atomic E-state index is 13.1. The maximum absolute atomic E-state index is 13.1. The second-order valence-corrected chi connectivity index (χ2v) is 9.10. The number of aromatic nitrogens is 1. The highest BCUT2D eigenvalue weighted by Crippen LogP contribution is 2.32. The monoisotopic (exact) mass is 555 g/mol. The van der Waals surface area contributed by atoms with Crippen LogP contribution in [-0.2, 0) is 19.1 Å². The summed E-state index contributed by atoms with van der Waals surface area (Å²) in [6, 6.07) is 17.8. The molecule has 0 saturated heterocycles. The first kappa shape index (κ1) is 29.4. The van der Waals surface area contributed by atoms with Crippen LogP contribution in [0.15, 0.2) is 66.9 Å². The molecule has 0 radical (unpaired) electrons. The van der Waals surface area contributed by atoms with Gasteiger partial charge in [0.15, 0.2) is 29.1 Å². The Morgan fingerprint density at radius 1 is 1.00 bits per heavy atom. The van der Waals surface area contributed by atoms with Gasteiger partial charge in [0.1, 0.15) is 11.9 Å². The molecule has 3 aromatic rings. The molecule has 3 atom stereocenters. The third-order valence-electron chi connectivity index (χ3n) is 5.63. The summed E-state index contributed by atoms with van der Waals surface area (Å²) in [6.45, 7) is 4.11. The molecule has 0 fully saturated rings. The zero-order valence-corrected chi connectivity index (χ0v) is 22.8. The molecular formula is C29H30ClNO8. The Hall–Kier alpha value is -4.11. The molecule has 1 aromatic heterocycles. The Morgan fingerprint density at radius 2 is 1.74 bits per heavy atom. The van der Waals surface area contributed by atoms with Crippen molar-refractivity contribution in [3.63, 3.8) is 0 Å². The Morgan fingerprint density at radius 3 is 2.41 bits per heavy atom. The Balaban J connectivity index is 1.71. The maximum Gasteiger partial charge on any atom is 0.309 e. The van der Waals surface area contributed by atoms with Crippen molar-refractivity contribution in [1.29, 1.82) is 0 Å². The topological polar surface area (TPSA) is 110 Å². The summed E-state index contributed by atoms with van der Waals surface area (Å²) in [4.78, 5) is 41.3. The number of ether oxygens (including phenoxy) is 5. The van der Waals surface area contributed by atoms with Crippen molar-refractivity contribution in [2.45, 2.75) is 39.4 Å². The van der Waals surface area contributed by atoms with Crippen LogP contribution >= 0.6 is 11.6 Å². The van der Waals surface area contributed by atoms with Gasteiger partial charge < -0.3 is 23.7 Å². The number of nitrogens with zero attached hydrogens (tertiary/aromatic N) is 1. The number of pyridine rings is 1. The van der Waals surface area contributed by atoms with Gasteiger partial charge in [0.05, 0.1) is 13.0 Å². The van der Waals surface area contributed by atoms with Crippen molar-refractivity contribution < 1.29 is 38.1 Å². The molecule has 206 valence electrons. The second kappa shape index (κ2) is 14.2. The summed E-state index contributed by atoms with van der Waals surface area (Å²) in [7, 11) is 1.40. The lowest BCUT2D eigenvalue weighted by Gasteiger charge is -2.26. The SMILES string of the molecule is COc1ccnc(C(=O)C[C@@H](C)C(=O)O[C@@H](C)[C@H](Oc2cccc(Cl)c2)c2ccccc2)c1OCOC(C)=O. The summed E-state index contributed by atoms with van der Waals surface area (Å²) in [5, 5.41) is 0.512. The highest BCUT2D eigenvalue weighted by molar-refractivity contribution is 6.30. The van der Waals surface area contributed by atoms with Crippen LogP contribution in [0.25, 0.3) is 0 Å². The van der Waals surface area contributed by atoms with Crippen LogP contribution in [0.1, 0.15) is 49.3 Å². The van der Waals surface area contributed by atoms with E-state index in [0.29, 0.717) is 10.8 Å². The van der Waals surface area contributed by atoms with Gasteiger partial charge in [0.25, 0.3) is 0 Å². The van der Waals surface area contributed by atoms with Crippen molar-refractivity contribution in [3.8, 4) is 17.2 Å². The van der Waals surface area contributed by atoms with Gasteiger partial charge in [-0.2, -0.15) is 0 Å². The average Bonchev–Trinajstić information content (AvgIpc) is 2.91. The van der Waals surface area contributed by atoms with Crippen molar-refractivity contribution in [2.75, 3.05) is 13.9 Å². The Kier molecular flexibility index (Phi) is 10.7. The molecule has 0 unspecified atom stereocenters. The van der Waals surface area contributed by atoms with Crippen molar-refractivity contribution in [3.05, 3.63) is 83.1 Å². The molecule has 10 heteroatoms. The number of Topliss-reactive ketones (excluding diaryl/α,β-unsaturated/α-hetero) is 1. The van der Waals surface area contributed by atoms with Crippen LogP contribution in [0.3, 0.4) is 0 Å². The van der Waals surface area contributed by atoms with E-state index in [1.807, 2.05) is 30.3 Å². The molecule has 0 saturated carbocycles. The minimum atomic E-state index is -0.808. The van der Waals surface area contributed by atoms with Crippen LogP contribution in [0.2, 0.25) is 5.02 Å². The first-order valence-corrected chi connectivity index (χ1v) is 12.6. The number of carbonyl (C=O) groups is 3. The van der Waals surface area contributed by atoms with E-state index < -0.39 is 42.6 Å².